The van der Waals surface area contributed by atoms with Crippen molar-refractivity contribution in [2.45, 2.75) is 13.3 Å². The van der Waals surface area contributed by atoms with Gasteiger partial charge in [-0.2, -0.15) is 0 Å². The topological polar surface area (TPSA) is 63.5 Å². The first-order valence-corrected chi connectivity index (χ1v) is 5.88. The second-order valence-corrected chi connectivity index (χ2v) is 4.49. The van der Waals surface area contributed by atoms with Gasteiger partial charge in [0.2, 0.25) is 0 Å². The number of hydrogen-bond acceptors (Lipinski definition) is 3. The third kappa shape index (κ3) is 2.78. The Morgan fingerprint density at radius 2 is 2.21 bits per heavy atom. The molecule has 0 saturated heterocycles. The number of rotatable bonds is 2. The summed E-state index contributed by atoms with van der Waals surface area (Å²) in [6.07, 6.45) is 2.74. The lowest BCUT2D eigenvalue weighted by Gasteiger charge is -2.26. The quantitative estimate of drug-likeness (QED) is 0.468. The van der Waals surface area contributed by atoms with E-state index in [1.54, 1.807) is 0 Å². The highest BCUT2D eigenvalue weighted by molar-refractivity contribution is 5.95. The van der Waals surface area contributed by atoms with Crippen molar-refractivity contribution in [1.82, 2.24) is 4.90 Å². The van der Waals surface area contributed by atoms with Crippen molar-refractivity contribution in [3.8, 4) is 0 Å². The Morgan fingerprint density at radius 3 is 2.84 bits per heavy atom. The van der Waals surface area contributed by atoms with Crippen molar-refractivity contribution in [2.75, 3.05) is 13.1 Å². The number of carbonyl (C=O) groups is 1. The fraction of sp³-hybridized carbons (Fsp3) is 0.308. The molecule has 5 nitrogen and oxygen atoms in total. The van der Waals surface area contributed by atoms with Crippen LogP contribution in [0.25, 0.3) is 0 Å². The van der Waals surface area contributed by atoms with E-state index in [2.05, 4.69) is 0 Å². The van der Waals surface area contributed by atoms with Crippen LogP contribution in [0.15, 0.2) is 29.8 Å². The zero-order chi connectivity index (χ0) is 14.0. The molecule has 0 aromatic heterocycles. The lowest BCUT2D eigenvalue weighted by atomic mass is 10.1. The summed E-state index contributed by atoms with van der Waals surface area (Å²) in [6.45, 7) is 2.82. The predicted molar refractivity (Wildman–Crippen MR) is 67.3 cm³/mol. The van der Waals surface area contributed by atoms with Crippen LogP contribution in [0.2, 0.25) is 0 Å². The van der Waals surface area contributed by atoms with Gasteiger partial charge in [-0.1, -0.05) is 11.6 Å². The molecule has 19 heavy (non-hydrogen) atoms. The summed E-state index contributed by atoms with van der Waals surface area (Å²) in [4.78, 5) is 23.7. The van der Waals surface area contributed by atoms with Gasteiger partial charge < -0.3 is 4.90 Å². The van der Waals surface area contributed by atoms with E-state index in [1.165, 1.54) is 4.90 Å². The van der Waals surface area contributed by atoms with Crippen molar-refractivity contribution in [1.29, 1.82) is 0 Å². The molecule has 0 fully saturated rings. The molecular weight excluding hydrogens is 251 g/mol. The molecule has 1 aliphatic rings. The summed E-state index contributed by atoms with van der Waals surface area (Å²) >= 11 is 0. The molecule has 0 N–H and O–H groups in total. The second kappa shape index (κ2) is 5.17. The monoisotopic (exact) mass is 264 g/mol. The SMILES string of the molecule is CC1=CCCN(C(=O)c2cc([N+](=O)[O-])ccc2F)C1. The third-order valence-corrected chi connectivity index (χ3v) is 3.01. The third-order valence-electron chi connectivity index (χ3n) is 3.01. The Hall–Kier alpha value is -2.24. The van der Waals surface area contributed by atoms with Gasteiger partial charge in [0.1, 0.15) is 5.82 Å². The van der Waals surface area contributed by atoms with Crippen LogP contribution in [0.1, 0.15) is 23.7 Å². The molecule has 1 aromatic carbocycles. The maximum Gasteiger partial charge on any atom is 0.270 e. The largest absolute Gasteiger partial charge is 0.334 e. The molecule has 1 aliphatic heterocycles. The zero-order valence-corrected chi connectivity index (χ0v) is 10.4. The van der Waals surface area contributed by atoms with Crippen molar-refractivity contribution >= 4 is 11.6 Å². The number of hydrogen-bond donors (Lipinski definition) is 0. The van der Waals surface area contributed by atoms with Crippen LogP contribution in [-0.2, 0) is 0 Å². The number of benzene rings is 1. The predicted octanol–water partition coefficient (Wildman–Crippen LogP) is 2.53. The van der Waals surface area contributed by atoms with E-state index in [0.29, 0.717) is 19.5 Å². The first kappa shape index (κ1) is 13.2. The molecule has 0 saturated carbocycles. The van der Waals surface area contributed by atoms with Crippen LogP contribution in [0.3, 0.4) is 0 Å². The van der Waals surface area contributed by atoms with Gasteiger partial charge in [0.15, 0.2) is 0 Å². The lowest BCUT2D eigenvalue weighted by Crippen LogP contribution is -2.35. The number of nitro groups is 1. The number of nitrogens with zero attached hydrogens (tertiary/aromatic N) is 2. The van der Waals surface area contributed by atoms with Crippen LogP contribution in [0.5, 0.6) is 0 Å². The standard InChI is InChI=1S/C13H13FN2O3/c1-9-3-2-6-15(8-9)13(17)11-7-10(16(18)19)4-5-12(11)14/h3-5,7H,2,6,8H2,1H3. The lowest BCUT2D eigenvalue weighted by molar-refractivity contribution is -0.384. The molecule has 0 aliphatic carbocycles. The Kier molecular flexibility index (Phi) is 3.59. The molecule has 2 rings (SSSR count). The zero-order valence-electron chi connectivity index (χ0n) is 10.4. The van der Waals surface area contributed by atoms with Crippen molar-refractivity contribution in [2.24, 2.45) is 0 Å². The Labute approximate surface area is 109 Å². The number of nitro benzene ring substituents is 1. The van der Waals surface area contributed by atoms with Crippen LogP contribution in [-0.4, -0.2) is 28.8 Å². The smallest absolute Gasteiger partial charge is 0.270 e. The van der Waals surface area contributed by atoms with Crippen LogP contribution >= 0.6 is 0 Å². The molecule has 1 heterocycles. The van der Waals surface area contributed by atoms with E-state index < -0.39 is 16.6 Å². The van der Waals surface area contributed by atoms with E-state index in [-0.39, 0.29) is 11.3 Å². The van der Waals surface area contributed by atoms with E-state index in [9.17, 15) is 19.3 Å². The van der Waals surface area contributed by atoms with Gasteiger partial charge in [0.05, 0.1) is 10.5 Å². The van der Waals surface area contributed by atoms with Gasteiger partial charge in [-0.15, -0.1) is 0 Å². The van der Waals surface area contributed by atoms with Gasteiger partial charge in [0.25, 0.3) is 11.6 Å². The average molecular weight is 264 g/mol. The minimum Gasteiger partial charge on any atom is -0.334 e. The fourth-order valence-corrected chi connectivity index (χ4v) is 2.05. The number of non-ortho nitro benzene ring substituents is 1. The summed E-state index contributed by atoms with van der Waals surface area (Å²) < 4.78 is 13.7. The van der Waals surface area contributed by atoms with Gasteiger partial charge >= 0.3 is 0 Å². The molecule has 0 bridgehead atoms. The average Bonchev–Trinajstić information content (AvgIpc) is 2.38. The van der Waals surface area contributed by atoms with Crippen molar-refractivity contribution < 1.29 is 14.1 Å². The summed E-state index contributed by atoms with van der Waals surface area (Å²) in [6, 6.07) is 3.00. The summed E-state index contributed by atoms with van der Waals surface area (Å²) in [7, 11) is 0. The number of amides is 1. The first-order chi connectivity index (χ1) is 8.99. The maximum absolute atomic E-state index is 13.7. The minimum absolute atomic E-state index is 0.246. The van der Waals surface area contributed by atoms with E-state index in [0.717, 1.165) is 23.8 Å². The number of halogens is 1. The fourth-order valence-electron chi connectivity index (χ4n) is 2.05. The highest BCUT2D eigenvalue weighted by Gasteiger charge is 2.23. The maximum atomic E-state index is 13.7. The molecule has 1 amide bonds. The van der Waals surface area contributed by atoms with Crippen molar-refractivity contribution in [3.05, 3.63) is 51.3 Å². The second-order valence-electron chi connectivity index (χ2n) is 4.49. The summed E-state index contributed by atoms with van der Waals surface area (Å²) in [5.74, 6) is -1.24. The molecule has 0 radical (unpaired) electrons. The Morgan fingerprint density at radius 1 is 1.47 bits per heavy atom. The van der Waals surface area contributed by atoms with Gasteiger partial charge in [0, 0.05) is 25.2 Å². The molecule has 0 atom stereocenters. The molecule has 0 unspecified atom stereocenters. The summed E-state index contributed by atoms with van der Waals surface area (Å²) in [5.41, 5.74) is 0.503. The van der Waals surface area contributed by atoms with Crippen molar-refractivity contribution in [3.63, 3.8) is 0 Å². The molecule has 6 heteroatoms. The highest BCUT2D eigenvalue weighted by atomic mass is 19.1. The minimum atomic E-state index is -0.734. The van der Waals surface area contributed by atoms with Crippen LogP contribution in [0.4, 0.5) is 10.1 Å². The highest BCUT2D eigenvalue weighted by Crippen LogP contribution is 2.20. The van der Waals surface area contributed by atoms with Gasteiger partial charge in [-0.25, -0.2) is 4.39 Å². The Balaban J connectivity index is 2.30. The molecular formula is C13H13FN2O3. The number of carbonyl (C=O) groups excluding carboxylic acids is 1. The van der Waals surface area contributed by atoms with Gasteiger partial charge in [-0.05, 0) is 19.4 Å². The van der Waals surface area contributed by atoms with Crippen LogP contribution < -0.4 is 0 Å². The Bertz CT molecular complexity index is 569. The van der Waals surface area contributed by atoms with E-state index in [1.807, 2.05) is 13.0 Å². The van der Waals surface area contributed by atoms with Gasteiger partial charge in [-0.3, -0.25) is 14.9 Å². The summed E-state index contributed by atoms with van der Waals surface area (Å²) in [5, 5.41) is 10.7. The van der Waals surface area contributed by atoms with E-state index >= 15 is 0 Å². The first-order valence-electron chi connectivity index (χ1n) is 5.88. The molecule has 1 aromatic rings. The normalized spacial score (nSPS) is 15.1. The molecule has 0 spiro atoms. The van der Waals surface area contributed by atoms with Crippen LogP contribution in [0, 0.1) is 15.9 Å². The molecule has 100 valence electrons. The van der Waals surface area contributed by atoms with E-state index in [4.69, 9.17) is 0 Å².